The maximum absolute atomic E-state index is 14.2. The van der Waals surface area contributed by atoms with Crippen LogP contribution in [-0.2, 0) is 9.59 Å². The first-order chi connectivity index (χ1) is 17.9. The number of aromatic nitrogens is 2. The lowest BCUT2D eigenvalue weighted by atomic mass is 9.95. The lowest BCUT2D eigenvalue weighted by Gasteiger charge is -2.41. The summed E-state index contributed by atoms with van der Waals surface area (Å²) in [7, 11) is 1.71. The van der Waals surface area contributed by atoms with Gasteiger partial charge in [0.05, 0.1) is 17.9 Å². The molecule has 2 aliphatic rings. The molecule has 3 aromatic rings. The molecule has 3 heterocycles. The summed E-state index contributed by atoms with van der Waals surface area (Å²) in [5, 5.41) is 3.16. The standard InChI is InChI=1S/C29H36FN5O2/c1-4-26(32-28(37)13-14-33(3)19(2)36)20-7-5-8-21(15-20)35-22-11-12-23(35)17-24(16-22)34-18-31-29-25(30)9-6-10-27(29)34/h5-10,15,18,22-24,26H,4,11-14,16-17H2,1-3H3,(H,32,37)/t22-,23+,24-,26-/m0/s1. The molecular formula is C29H36FN5O2. The van der Waals surface area contributed by atoms with Crippen LogP contribution < -0.4 is 10.2 Å². The van der Waals surface area contributed by atoms with Crippen molar-refractivity contribution >= 4 is 28.5 Å². The first-order valence-electron chi connectivity index (χ1n) is 13.4. The van der Waals surface area contributed by atoms with E-state index in [9.17, 15) is 14.0 Å². The van der Waals surface area contributed by atoms with E-state index in [0.717, 1.165) is 43.2 Å². The summed E-state index contributed by atoms with van der Waals surface area (Å²) in [6.45, 7) is 3.99. The van der Waals surface area contributed by atoms with Gasteiger partial charge in [0.1, 0.15) is 5.52 Å². The molecule has 5 rings (SSSR count). The molecule has 2 amide bonds. The van der Waals surface area contributed by atoms with Gasteiger partial charge >= 0.3 is 0 Å². The molecule has 37 heavy (non-hydrogen) atoms. The Morgan fingerprint density at radius 3 is 2.57 bits per heavy atom. The van der Waals surface area contributed by atoms with Gasteiger partial charge in [-0.15, -0.1) is 0 Å². The van der Waals surface area contributed by atoms with Crippen molar-refractivity contribution in [2.45, 2.75) is 76.5 Å². The van der Waals surface area contributed by atoms with Gasteiger partial charge in [-0.3, -0.25) is 9.59 Å². The molecule has 4 atom stereocenters. The van der Waals surface area contributed by atoms with Crippen molar-refractivity contribution < 1.29 is 14.0 Å². The first kappa shape index (κ1) is 25.2. The Hall–Kier alpha value is -3.42. The fourth-order valence-corrected chi connectivity index (χ4v) is 6.13. The Morgan fingerprint density at radius 2 is 1.86 bits per heavy atom. The molecule has 2 bridgehead atoms. The third-order valence-electron chi connectivity index (χ3n) is 8.18. The lowest BCUT2D eigenvalue weighted by molar-refractivity contribution is -0.128. The summed E-state index contributed by atoms with van der Waals surface area (Å²) in [6.07, 6.45) is 7.17. The zero-order valence-electron chi connectivity index (χ0n) is 21.9. The van der Waals surface area contributed by atoms with E-state index in [1.807, 2.05) is 6.07 Å². The van der Waals surface area contributed by atoms with Gasteiger partial charge < -0.3 is 19.7 Å². The zero-order valence-corrected chi connectivity index (χ0v) is 21.9. The molecular weight excluding hydrogens is 469 g/mol. The van der Waals surface area contributed by atoms with Crippen molar-refractivity contribution in [3.05, 3.63) is 60.2 Å². The minimum atomic E-state index is -0.267. The quantitative estimate of drug-likeness (QED) is 0.469. The number of nitrogens with zero attached hydrogens (tertiary/aromatic N) is 4. The number of nitrogens with one attached hydrogen (secondary N) is 1. The largest absolute Gasteiger partial charge is 0.365 e. The van der Waals surface area contributed by atoms with Crippen LogP contribution in [0, 0.1) is 5.82 Å². The van der Waals surface area contributed by atoms with E-state index in [2.05, 4.69) is 51.0 Å². The number of fused-ring (bicyclic) bond motifs is 3. The van der Waals surface area contributed by atoms with Crippen LogP contribution in [0.2, 0.25) is 0 Å². The van der Waals surface area contributed by atoms with Gasteiger partial charge in [0.2, 0.25) is 11.8 Å². The van der Waals surface area contributed by atoms with Crippen LogP contribution in [-0.4, -0.2) is 51.9 Å². The summed E-state index contributed by atoms with van der Waals surface area (Å²) < 4.78 is 16.4. The van der Waals surface area contributed by atoms with Gasteiger partial charge in [-0.1, -0.05) is 25.1 Å². The van der Waals surface area contributed by atoms with Crippen molar-refractivity contribution in [2.24, 2.45) is 0 Å². The monoisotopic (exact) mass is 505 g/mol. The smallest absolute Gasteiger partial charge is 0.222 e. The van der Waals surface area contributed by atoms with Crippen LogP contribution in [0.3, 0.4) is 0 Å². The van der Waals surface area contributed by atoms with Crippen LogP contribution >= 0.6 is 0 Å². The number of hydrogen-bond acceptors (Lipinski definition) is 4. The highest BCUT2D eigenvalue weighted by Crippen LogP contribution is 2.44. The van der Waals surface area contributed by atoms with Crippen molar-refractivity contribution in [3.8, 4) is 0 Å². The Balaban J connectivity index is 1.29. The van der Waals surface area contributed by atoms with E-state index in [4.69, 9.17) is 0 Å². The van der Waals surface area contributed by atoms with Gasteiger partial charge in [0, 0.05) is 50.7 Å². The highest BCUT2D eigenvalue weighted by molar-refractivity contribution is 5.78. The first-order valence-corrected chi connectivity index (χ1v) is 13.4. The van der Waals surface area contributed by atoms with E-state index in [1.54, 1.807) is 24.3 Å². The van der Waals surface area contributed by atoms with E-state index in [1.165, 1.54) is 18.7 Å². The van der Waals surface area contributed by atoms with Gasteiger partial charge in [-0.2, -0.15) is 0 Å². The summed E-state index contributed by atoms with van der Waals surface area (Å²) in [4.78, 5) is 32.5. The normalized spacial score (nSPS) is 21.7. The average molecular weight is 506 g/mol. The minimum Gasteiger partial charge on any atom is -0.365 e. The van der Waals surface area contributed by atoms with Gasteiger partial charge in [-0.05, 0) is 61.9 Å². The molecule has 0 spiro atoms. The molecule has 0 unspecified atom stereocenters. The highest BCUT2D eigenvalue weighted by atomic mass is 19.1. The van der Waals surface area contributed by atoms with Gasteiger partial charge in [-0.25, -0.2) is 9.37 Å². The van der Waals surface area contributed by atoms with E-state index in [-0.39, 0.29) is 30.1 Å². The molecule has 2 saturated heterocycles. The maximum Gasteiger partial charge on any atom is 0.222 e. The van der Waals surface area contributed by atoms with Crippen molar-refractivity contribution in [1.82, 2.24) is 19.8 Å². The lowest BCUT2D eigenvalue weighted by Crippen LogP contribution is -2.43. The van der Waals surface area contributed by atoms with Crippen LogP contribution in [0.1, 0.15) is 70.0 Å². The highest BCUT2D eigenvalue weighted by Gasteiger charge is 2.41. The number of para-hydroxylation sites is 1. The number of amides is 2. The predicted molar refractivity (Wildman–Crippen MR) is 143 cm³/mol. The van der Waals surface area contributed by atoms with Crippen LogP contribution in [0.4, 0.5) is 10.1 Å². The molecule has 0 radical (unpaired) electrons. The number of anilines is 1. The molecule has 2 aromatic carbocycles. The zero-order chi connectivity index (χ0) is 26.1. The molecule has 0 saturated carbocycles. The molecule has 196 valence electrons. The number of carbonyl (C=O) groups is 2. The fourth-order valence-electron chi connectivity index (χ4n) is 6.13. The molecule has 1 aromatic heterocycles. The van der Waals surface area contributed by atoms with E-state index < -0.39 is 0 Å². The second-order valence-corrected chi connectivity index (χ2v) is 10.5. The fraction of sp³-hybridized carbons (Fsp3) is 0.483. The summed E-state index contributed by atoms with van der Waals surface area (Å²) >= 11 is 0. The number of carbonyl (C=O) groups excluding carboxylic acids is 2. The maximum atomic E-state index is 14.2. The molecule has 8 heteroatoms. The molecule has 2 aliphatic heterocycles. The summed E-state index contributed by atoms with van der Waals surface area (Å²) in [5.74, 6) is -0.355. The molecule has 7 nitrogen and oxygen atoms in total. The van der Waals surface area contributed by atoms with Crippen LogP contribution in [0.5, 0.6) is 0 Å². The Labute approximate surface area is 217 Å². The summed E-state index contributed by atoms with van der Waals surface area (Å²) in [5.41, 5.74) is 3.63. The second kappa shape index (κ2) is 10.5. The predicted octanol–water partition coefficient (Wildman–Crippen LogP) is 4.98. The number of benzene rings is 2. The van der Waals surface area contributed by atoms with Gasteiger partial charge in [0.15, 0.2) is 5.82 Å². The molecule has 2 fully saturated rings. The van der Waals surface area contributed by atoms with Crippen molar-refractivity contribution in [1.29, 1.82) is 0 Å². The third-order valence-corrected chi connectivity index (χ3v) is 8.18. The minimum absolute atomic E-state index is 0.0423. The van der Waals surface area contributed by atoms with Crippen molar-refractivity contribution in [3.63, 3.8) is 0 Å². The SMILES string of the molecule is CC[C@H](NC(=O)CCN(C)C(C)=O)c1cccc(N2[C@@H]3CC[C@H]2C[C@H](n2cnc4c(F)cccc42)C3)c1. The second-order valence-electron chi connectivity index (χ2n) is 10.5. The van der Waals surface area contributed by atoms with Crippen LogP contribution in [0.15, 0.2) is 48.8 Å². The van der Waals surface area contributed by atoms with Gasteiger partial charge in [0.25, 0.3) is 0 Å². The average Bonchev–Trinajstić information content (AvgIpc) is 3.45. The Morgan fingerprint density at radius 1 is 1.14 bits per heavy atom. The molecule has 1 N–H and O–H groups in total. The topological polar surface area (TPSA) is 70.5 Å². The Kier molecular flexibility index (Phi) is 7.17. The molecule has 0 aliphatic carbocycles. The van der Waals surface area contributed by atoms with E-state index in [0.29, 0.717) is 30.2 Å². The number of imidazole rings is 1. The number of hydrogen-bond donors (Lipinski definition) is 1. The van der Waals surface area contributed by atoms with Crippen molar-refractivity contribution in [2.75, 3.05) is 18.5 Å². The Bertz CT molecular complexity index is 1280. The van der Waals surface area contributed by atoms with E-state index >= 15 is 0 Å². The number of halogens is 1. The van der Waals surface area contributed by atoms with Crippen LogP contribution in [0.25, 0.3) is 11.0 Å². The summed E-state index contributed by atoms with van der Waals surface area (Å²) in [6, 6.07) is 14.8. The number of piperidine rings is 1. The third kappa shape index (κ3) is 5.06. The number of rotatable bonds is 8.